The van der Waals surface area contributed by atoms with Gasteiger partial charge in [-0.2, -0.15) is 0 Å². The number of ether oxygens (including phenoxy) is 1. The lowest BCUT2D eigenvalue weighted by atomic mass is 10.0. The molecule has 1 aromatic heterocycles. The van der Waals surface area contributed by atoms with E-state index < -0.39 is 0 Å². The number of carbonyl (C=O) groups is 1. The topological polar surface area (TPSA) is 39.2 Å². The first-order valence-electron chi connectivity index (χ1n) is 6.50. The SMILES string of the molecule is O=Cc1ccc(OCc2nc3c(s2)CCCC3)cc1. The third kappa shape index (κ3) is 2.84. The number of aldehydes is 1. The summed E-state index contributed by atoms with van der Waals surface area (Å²) >= 11 is 1.77. The highest BCUT2D eigenvalue weighted by Crippen LogP contribution is 2.27. The monoisotopic (exact) mass is 273 g/mol. The van der Waals surface area contributed by atoms with Gasteiger partial charge in [-0.15, -0.1) is 11.3 Å². The summed E-state index contributed by atoms with van der Waals surface area (Å²) < 4.78 is 5.70. The molecule has 3 rings (SSSR count). The Morgan fingerprint density at radius 2 is 2.00 bits per heavy atom. The molecule has 19 heavy (non-hydrogen) atoms. The Kier molecular flexibility index (Phi) is 3.60. The molecule has 0 atom stereocenters. The van der Waals surface area contributed by atoms with Crippen molar-refractivity contribution in [3.05, 3.63) is 45.4 Å². The van der Waals surface area contributed by atoms with Crippen molar-refractivity contribution in [3.63, 3.8) is 0 Å². The van der Waals surface area contributed by atoms with Gasteiger partial charge in [0.25, 0.3) is 0 Å². The molecule has 0 amide bonds. The van der Waals surface area contributed by atoms with E-state index in [0.29, 0.717) is 12.2 Å². The second kappa shape index (κ2) is 5.53. The fourth-order valence-corrected chi connectivity index (χ4v) is 3.32. The summed E-state index contributed by atoms with van der Waals surface area (Å²) in [4.78, 5) is 16.6. The molecule has 0 unspecified atom stereocenters. The fraction of sp³-hybridized carbons (Fsp3) is 0.333. The first-order chi connectivity index (χ1) is 9.35. The number of carbonyl (C=O) groups excluding carboxylic acids is 1. The molecule has 2 aromatic rings. The van der Waals surface area contributed by atoms with Gasteiger partial charge in [0.05, 0.1) is 5.69 Å². The Balaban J connectivity index is 1.64. The first kappa shape index (κ1) is 12.4. The third-order valence-corrected chi connectivity index (χ3v) is 4.40. The number of rotatable bonds is 4. The molecule has 1 heterocycles. The molecule has 0 fully saturated rings. The number of hydrogen-bond acceptors (Lipinski definition) is 4. The molecular formula is C15H15NO2S. The molecule has 1 aliphatic rings. The average Bonchev–Trinajstić information content (AvgIpc) is 2.88. The van der Waals surface area contributed by atoms with E-state index in [-0.39, 0.29) is 0 Å². The summed E-state index contributed by atoms with van der Waals surface area (Å²) in [5.74, 6) is 0.777. The number of thiazole rings is 1. The van der Waals surface area contributed by atoms with Gasteiger partial charge < -0.3 is 4.74 Å². The van der Waals surface area contributed by atoms with E-state index in [4.69, 9.17) is 4.74 Å². The van der Waals surface area contributed by atoms with Gasteiger partial charge in [-0.05, 0) is 49.9 Å². The van der Waals surface area contributed by atoms with Crippen molar-refractivity contribution >= 4 is 17.6 Å². The Morgan fingerprint density at radius 1 is 1.21 bits per heavy atom. The largest absolute Gasteiger partial charge is 0.486 e. The van der Waals surface area contributed by atoms with Crippen LogP contribution in [0.1, 0.15) is 38.8 Å². The van der Waals surface area contributed by atoms with Crippen LogP contribution in [0.25, 0.3) is 0 Å². The summed E-state index contributed by atoms with van der Waals surface area (Å²) in [6.45, 7) is 0.512. The van der Waals surface area contributed by atoms with Crippen LogP contribution in [-0.4, -0.2) is 11.3 Å². The quantitative estimate of drug-likeness (QED) is 0.801. The number of fused-ring (bicyclic) bond motifs is 1. The highest BCUT2D eigenvalue weighted by Gasteiger charge is 2.15. The number of nitrogens with zero attached hydrogens (tertiary/aromatic N) is 1. The van der Waals surface area contributed by atoms with Crippen molar-refractivity contribution in [2.75, 3.05) is 0 Å². The molecule has 0 aliphatic heterocycles. The van der Waals surface area contributed by atoms with Crippen LogP contribution in [0.15, 0.2) is 24.3 Å². The van der Waals surface area contributed by atoms with Crippen LogP contribution in [0, 0.1) is 0 Å². The minimum Gasteiger partial charge on any atom is -0.486 e. The normalized spacial score (nSPS) is 13.9. The summed E-state index contributed by atoms with van der Waals surface area (Å²) in [6, 6.07) is 7.15. The first-order valence-corrected chi connectivity index (χ1v) is 7.32. The minimum absolute atomic E-state index is 0.512. The highest BCUT2D eigenvalue weighted by atomic mass is 32.1. The Morgan fingerprint density at radius 3 is 2.74 bits per heavy atom. The smallest absolute Gasteiger partial charge is 0.150 e. The number of benzene rings is 1. The lowest BCUT2D eigenvalue weighted by Crippen LogP contribution is -1.99. The molecule has 98 valence electrons. The molecule has 0 bridgehead atoms. The predicted octanol–water partition coefficient (Wildman–Crippen LogP) is 3.41. The van der Waals surface area contributed by atoms with Gasteiger partial charge in [-0.1, -0.05) is 0 Å². The Bertz CT molecular complexity index is 551. The van der Waals surface area contributed by atoms with Gasteiger partial charge in [-0.25, -0.2) is 4.98 Å². The van der Waals surface area contributed by atoms with Crippen LogP contribution in [-0.2, 0) is 19.4 Å². The maximum Gasteiger partial charge on any atom is 0.150 e. The molecule has 1 aliphatic carbocycles. The zero-order valence-corrected chi connectivity index (χ0v) is 11.4. The molecule has 0 saturated carbocycles. The van der Waals surface area contributed by atoms with Gasteiger partial charge in [-0.3, -0.25) is 4.79 Å². The minimum atomic E-state index is 0.512. The third-order valence-electron chi connectivity index (χ3n) is 3.27. The molecule has 0 N–H and O–H groups in total. The van der Waals surface area contributed by atoms with E-state index in [0.717, 1.165) is 23.5 Å². The van der Waals surface area contributed by atoms with Crippen LogP contribution >= 0.6 is 11.3 Å². The van der Waals surface area contributed by atoms with Crippen molar-refractivity contribution in [2.24, 2.45) is 0 Å². The molecule has 0 spiro atoms. The Labute approximate surface area is 116 Å². The summed E-state index contributed by atoms with van der Waals surface area (Å²) in [5, 5.41) is 1.05. The number of aromatic nitrogens is 1. The number of aryl methyl sites for hydroxylation is 2. The second-order valence-corrected chi connectivity index (χ2v) is 5.83. The standard InChI is InChI=1S/C15H15NO2S/c17-9-11-5-7-12(8-6-11)18-10-15-16-13-3-1-2-4-14(13)19-15/h5-9H,1-4,10H2. The maximum atomic E-state index is 10.6. The van der Waals surface area contributed by atoms with E-state index in [1.54, 1.807) is 23.5 Å². The average molecular weight is 273 g/mol. The fourth-order valence-electron chi connectivity index (χ4n) is 2.25. The molecule has 1 aromatic carbocycles. The Hall–Kier alpha value is -1.68. The zero-order chi connectivity index (χ0) is 13.1. The van der Waals surface area contributed by atoms with E-state index in [1.807, 2.05) is 12.1 Å². The van der Waals surface area contributed by atoms with E-state index in [9.17, 15) is 4.79 Å². The van der Waals surface area contributed by atoms with Gasteiger partial charge in [0.2, 0.25) is 0 Å². The molecule has 4 heteroatoms. The molecular weight excluding hydrogens is 258 g/mol. The van der Waals surface area contributed by atoms with Gasteiger partial charge in [0.1, 0.15) is 23.7 Å². The van der Waals surface area contributed by atoms with Crippen LogP contribution in [0.5, 0.6) is 5.75 Å². The molecule has 0 saturated heterocycles. The lowest BCUT2D eigenvalue weighted by molar-refractivity contribution is 0.112. The molecule has 3 nitrogen and oxygen atoms in total. The van der Waals surface area contributed by atoms with Crippen LogP contribution in [0.3, 0.4) is 0 Å². The van der Waals surface area contributed by atoms with Crippen LogP contribution in [0.4, 0.5) is 0 Å². The predicted molar refractivity (Wildman–Crippen MR) is 74.9 cm³/mol. The summed E-state index contributed by atoms with van der Waals surface area (Å²) in [5.41, 5.74) is 1.93. The zero-order valence-electron chi connectivity index (χ0n) is 10.6. The molecule has 0 radical (unpaired) electrons. The van der Waals surface area contributed by atoms with Crippen LogP contribution < -0.4 is 4.74 Å². The van der Waals surface area contributed by atoms with E-state index in [2.05, 4.69) is 4.98 Å². The van der Waals surface area contributed by atoms with Gasteiger partial charge in [0.15, 0.2) is 0 Å². The maximum absolute atomic E-state index is 10.6. The van der Waals surface area contributed by atoms with Crippen molar-refractivity contribution < 1.29 is 9.53 Å². The summed E-state index contributed by atoms with van der Waals surface area (Å²) in [6.07, 6.45) is 5.65. The van der Waals surface area contributed by atoms with Crippen molar-refractivity contribution in [3.8, 4) is 5.75 Å². The van der Waals surface area contributed by atoms with Crippen molar-refractivity contribution in [2.45, 2.75) is 32.3 Å². The van der Waals surface area contributed by atoms with E-state index >= 15 is 0 Å². The second-order valence-electron chi connectivity index (χ2n) is 4.66. The van der Waals surface area contributed by atoms with Gasteiger partial charge in [0, 0.05) is 10.4 Å². The van der Waals surface area contributed by atoms with E-state index in [1.165, 1.54) is 29.8 Å². The van der Waals surface area contributed by atoms with Gasteiger partial charge >= 0.3 is 0 Å². The van der Waals surface area contributed by atoms with Crippen LogP contribution in [0.2, 0.25) is 0 Å². The lowest BCUT2D eigenvalue weighted by Gasteiger charge is -2.06. The van der Waals surface area contributed by atoms with Crippen molar-refractivity contribution in [1.29, 1.82) is 0 Å². The van der Waals surface area contributed by atoms with Crippen molar-refractivity contribution in [1.82, 2.24) is 4.98 Å². The summed E-state index contributed by atoms with van der Waals surface area (Å²) in [7, 11) is 0. The highest BCUT2D eigenvalue weighted by molar-refractivity contribution is 7.11. The number of hydrogen-bond donors (Lipinski definition) is 0.